The molecule has 2 aromatic rings. The SMILES string of the molecule is CN(C)c1ccc(CC(=O)NC2CNCC2c2ccc(C(F)(F)F)nc2)cc1. The third kappa shape index (κ3) is 4.81. The molecule has 1 amide bonds. The number of nitrogens with one attached hydrogen (secondary N) is 2. The summed E-state index contributed by atoms with van der Waals surface area (Å²) in [6, 6.07) is 9.98. The number of carbonyl (C=O) groups excluding carboxylic acids is 1. The zero-order valence-corrected chi connectivity index (χ0v) is 15.8. The Balaban J connectivity index is 1.62. The lowest BCUT2D eigenvalue weighted by Crippen LogP contribution is -2.40. The molecule has 1 aromatic carbocycles. The third-order valence-corrected chi connectivity index (χ3v) is 4.88. The van der Waals surface area contributed by atoms with Gasteiger partial charge in [-0.1, -0.05) is 18.2 Å². The number of halogens is 3. The van der Waals surface area contributed by atoms with Crippen molar-refractivity contribution in [2.45, 2.75) is 24.6 Å². The maximum absolute atomic E-state index is 12.7. The van der Waals surface area contributed by atoms with E-state index in [0.29, 0.717) is 18.7 Å². The summed E-state index contributed by atoms with van der Waals surface area (Å²) >= 11 is 0. The van der Waals surface area contributed by atoms with Crippen LogP contribution in [0.2, 0.25) is 0 Å². The van der Waals surface area contributed by atoms with Gasteiger partial charge in [-0.15, -0.1) is 0 Å². The van der Waals surface area contributed by atoms with E-state index in [1.807, 2.05) is 43.3 Å². The standard InChI is InChI=1S/C20H23F3N4O/c1-27(2)15-6-3-13(4-7-15)9-19(28)26-17-12-24-11-16(17)14-5-8-18(25-10-14)20(21,22)23/h3-8,10,16-17,24H,9,11-12H2,1-2H3,(H,26,28). The van der Waals surface area contributed by atoms with Gasteiger partial charge in [-0.2, -0.15) is 13.2 Å². The van der Waals surface area contributed by atoms with Crippen LogP contribution in [0.25, 0.3) is 0 Å². The summed E-state index contributed by atoms with van der Waals surface area (Å²) < 4.78 is 38.1. The van der Waals surface area contributed by atoms with Crippen LogP contribution >= 0.6 is 0 Å². The average Bonchev–Trinajstić information content (AvgIpc) is 3.09. The molecule has 0 radical (unpaired) electrons. The summed E-state index contributed by atoms with van der Waals surface area (Å²) in [5.41, 5.74) is 1.73. The van der Waals surface area contributed by atoms with E-state index in [1.165, 1.54) is 12.3 Å². The smallest absolute Gasteiger partial charge is 0.378 e. The van der Waals surface area contributed by atoms with Gasteiger partial charge in [0.05, 0.1) is 6.42 Å². The lowest BCUT2D eigenvalue weighted by atomic mass is 9.95. The van der Waals surface area contributed by atoms with Crippen LogP contribution in [0.3, 0.4) is 0 Å². The third-order valence-electron chi connectivity index (χ3n) is 4.88. The van der Waals surface area contributed by atoms with E-state index in [2.05, 4.69) is 15.6 Å². The zero-order valence-electron chi connectivity index (χ0n) is 15.8. The fraction of sp³-hybridized carbons (Fsp3) is 0.400. The highest BCUT2D eigenvalue weighted by Gasteiger charge is 2.34. The maximum atomic E-state index is 12.7. The number of carbonyl (C=O) groups is 1. The molecule has 2 heterocycles. The molecule has 1 aliphatic heterocycles. The Morgan fingerprint density at radius 1 is 1.18 bits per heavy atom. The fourth-order valence-electron chi connectivity index (χ4n) is 3.33. The highest BCUT2D eigenvalue weighted by atomic mass is 19.4. The Kier molecular flexibility index (Phi) is 5.88. The van der Waals surface area contributed by atoms with E-state index in [-0.39, 0.29) is 24.3 Å². The molecule has 1 aliphatic rings. The van der Waals surface area contributed by atoms with Gasteiger partial charge in [-0.05, 0) is 29.3 Å². The van der Waals surface area contributed by atoms with Gasteiger partial charge in [-0.25, -0.2) is 0 Å². The Morgan fingerprint density at radius 3 is 2.46 bits per heavy atom. The summed E-state index contributed by atoms with van der Waals surface area (Å²) in [5.74, 6) is -0.231. The van der Waals surface area contributed by atoms with Crippen LogP contribution in [-0.4, -0.2) is 44.1 Å². The van der Waals surface area contributed by atoms with Crippen LogP contribution in [0.5, 0.6) is 0 Å². The largest absolute Gasteiger partial charge is 0.433 e. The molecule has 0 aliphatic carbocycles. The van der Waals surface area contributed by atoms with Gasteiger partial charge in [0, 0.05) is 51.0 Å². The number of hydrogen-bond acceptors (Lipinski definition) is 4. The van der Waals surface area contributed by atoms with Crippen molar-refractivity contribution < 1.29 is 18.0 Å². The van der Waals surface area contributed by atoms with E-state index < -0.39 is 11.9 Å². The average molecular weight is 392 g/mol. The predicted octanol–water partition coefficient (Wildman–Crippen LogP) is 2.58. The normalized spacial score (nSPS) is 19.5. The lowest BCUT2D eigenvalue weighted by Gasteiger charge is -2.21. The number of aromatic nitrogens is 1. The van der Waals surface area contributed by atoms with Gasteiger partial charge >= 0.3 is 6.18 Å². The van der Waals surface area contributed by atoms with Crippen molar-refractivity contribution in [1.82, 2.24) is 15.6 Å². The van der Waals surface area contributed by atoms with Gasteiger partial charge in [0.1, 0.15) is 5.69 Å². The summed E-state index contributed by atoms with van der Waals surface area (Å²) in [5, 5.41) is 6.18. The Labute approximate surface area is 162 Å². The Hall–Kier alpha value is -2.61. The first-order chi connectivity index (χ1) is 13.2. The molecule has 150 valence electrons. The summed E-state index contributed by atoms with van der Waals surface area (Å²) in [6.07, 6.45) is -2.95. The van der Waals surface area contributed by atoms with Crippen LogP contribution in [-0.2, 0) is 17.4 Å². The van der Waals surface area contributed by atoms with Crippen molar-refractivity contribution in [3.05, 3.63) is 59.4 Å². The van der Waals surface area contributed by atoms with Gasteiger partial charge in [0.25, 0.3) is 0 Å². The molecule has 5 nitrogen and oxygen atoms in total. The van der Waals surface area contributed by atoms with Crippen molar-refractivity contribution in [3.8, 4) is 0 Å². The number of anilines is 1. The number of pyridine rings is 1. The monoisotopic (exact) mass is 392 g/mol. The van der Waals surface area contributed by atoms with Gasteiger partial charge in [0.2, 0.25) is 5.91 Å². The topological polar surface area (TPSA) is 57.3 Å². The predicted molar refractivity (Wildman–Crippen MR) is 101 cm³/mol. The van der Waals surface area contributed by atoms with Crippen molar-refractivity contribution in [2.24, 2.45) is 0 Å². The van der Waals surface area contributed by atoms with Crippen LogP contribution < -0.4 is 15.5 Å². The van der Waals surface area contributed by atoms with Crippen LogP contribution in [0.1, 0.15) is 22.7 Å². The van der Waals surface area contributed by atoms with E-state index in [0.717, 1.165) is 17.3 Å². The van der Waals surface area contributed by atoms with E-state index in [9.17, 15) is 18.0 Å². The summed E-state index contributed by atoms with van der Waals surface area (Å²) in [7, 11) is 3.90. The van der Waals surface area contributed by atoms with Crippen molar-refractivity contribution in [3.63, 3.8) is 0 Å². The molecular formula is C20H23F3N4O. The van der Waals surface area contributed by atoms with Crippen molar-refractivity contribution in [1.29, 1.82) is 0 Å². The minimum absolute atomic E-state index is 0.115. The molecule has 28 heavy (non-hydrogen) atoms. The number of benzene rings is 1. The Morgan fingerprint density at radius 2 is 1.89 bits per heavy atom. The molecule has 1 saturated heterocycles. The zero-order chi connectivity index (χ0) is 20.3. The highest BCUT2D eigenvalue weighted by Crippen LogP contribution is 2.29. The van der Waals surface area contributed by atoms with E-state index >= 15 is 0 Å². The highest BCUT2D eigenvalue weighted by molar-refractivity contribution is 5.79. The molecule has 0 spiro atoms. The lowest BCUT2D eigenvalue weighted by molar-refractivity contribution is -0.141. The fourth-order valence-corrected chi connectivity index (χ4v) is 3.33. The summed E-state index contributed by atoms with van der Waals surface area (Å²) in [4.78, 5) is 17.9. The molecule has 2 N–H and O–H groups in total. The molecule has 1 aromatic heterocycles. The van der Waals surface area contributed by atoms with Crippen LogP contribution in [0.15, 0.2) is 42.6 Å². The number of rotatable bonds is 5. The minimum Gasteiger partial charge on any atom is -0.378 e. The number of nitrogens with zero attached hydrogens (tertiary/aromatic N) is 2. The molecular weight excluding hydrogens is 369 g/mol. The number of amides is 1. The molecule has 1 fully saturated rings. The molecule has 3 rings (SSSR count). The number of alkyl halides is 3. The second kappa shape index (κ2) is 8.18. The van der Waals surface area contributed by atoms with Crippen LogP contribution in [0.4, 0.5) is 18.9 Å². The van der Waals surface area contributed by atoms with Crippen molar-refractivity contribution in [2.75, 3.05) is 32.1 Å². The first kappa shape index (κ1) is 20.1. The van der Waals surface area contributed by atoms with Crippen molar-refractivity contribution >= 4 is 11.6 Å². The maximum Gasteiger partial charge on any atom is 0.433 e. The molecule has 0 bridgehead atoms. The van der Waals surface area contributed by atoms with Gasteiger partial charge < -0.3 is 15.5 Å². The molecule has 2 unspecified atom stereocenters. The quantitative estimate of drug-likeness (QED) is 0.821. The second-order valence-electron chi connectivity index (χ2n) is 7.15. The molecule has 0 saturated carbocycles. The second-order valence-corrected chi connectivity index (χ2v) is 7.15. The Bertz CT molecular complexity index is 804. The van der Waals surface area contributed by atoms with E-state index in [4.69, 9.17) is 0 Å². The molecule has 8 heteroatoms. The van der Waals surface area contributed by atoms with Crippen LogP contribution in [0, 0.1) is 0 Å². The molecule has 2 atom stereocenters. The minimum atomic E-state index is -4.46. The van der Waals surface area contributed by atoms with Gasteiger partial charge in [0.15, 0.2) is 0 Å². The first-order valence-electron chi connectivity index (χ1n) is 9.03. The summed E-state index contributed by atoms with van der Waals surface area (Å²) in [6.45, 7) is 1.15. The number of hydrogen-bond donors (Lipinski definition) is 2. The van der Waals surface area contributed by atoms with E-state index in [1.54, 1.807) is 0 Å². The van der Waals surface area contributed by atoms with Gasteiger partial charge in [-0.3, -0.25) is 9.78 Å². The first-order valence-corrected chi connectivity index (χ1v) is 9.03.